The standard InChI is InChI=1S/C18H15ClN4O2/c1-12-16(17(19)23(22-12)15-8-3-2-4-9-15)11-20-21-14-7-5-6-13(10-14)18(24)25/h2-11,21H,1H3,(H,24,25)/b20-11-. The third-order valence-electron chi connectivity index (χ3n) is 3.55. The van der Waals surface area contributed by atoms with Crippen LogP contribution in [0.15, 0.2) is 59.7 Å². The molecule has 0 amide bonds. The summed E-state index contributed by atoms with van der Waals surface area (Å²) in [6.45, 7) is 1.84. The number of benzene rings is 2. The highest BCUT2D eigenvalue weighted by Crippen LogP contribution is 2.22. The van der Waals surface area contributed by atoms with Gasteiger partial charge in [-0.15, -0.1) is 0 Å². The zero-order valence-corrected chi connectivity index (χ0v) is 14.1. The first kappa shape index (κ1) is 16.7. The SMILES string of the molecule is Cc1nn(-c2ccccc2)c(Cl)c1/C=N\Nc1cccc(C(=O)O)c1. The Kier molecular flexibility index (Phi) is 4.81. The lowest BCUT2D eigenvalue weighted by atomic mass is 10.2. The Morgan fingerprint density at radius 2 is 2.00 bits per heavy atom. The quantitative estimate of drug-likeness (QED) is 0.536. The number of nitrogens with zero attached hydrogens (tertiary/aromatic N) is 3. The van der Waals surface area contributed by atoms with E-state index >= 15 is 0 Å². The molecule has 6 nitrogen and oxygen atoms in total. The summed E-state index contributed by atoms with van der Waals surface area (Å²) in [6, 6.07) is 16.0. The summed E-state index contributed by atoms with van der Waals surface area (Å²) in [6.07, 6.45) is 1.57. The van der Waals surface area contributed by atoms with Gasteiger partial charge < -0.3 is 5.11 Å². The summed E-state index contributed by atoms with van der Waals surface area (Å²) in [4.78, 5) is 11.0. The number of rotatable bonds is 5. The van der Waals surface area contributed by atoms with E-state index in [0.717, 1.165) is 11.4 Å². The fourth-order valence-corrected chi connectivity index (χ4v) is 2.61. The van der Waals surface area contributed by atoms with Crippen LogP contribution in [0.5, 0.6) is 0 Å². The maximum Gasteiger partial charge on any atom is 0.335 e. The van der Waals surface area contributed by atoms with Gasteiger partial charge in [0.05, 0.1) is 34.4 Å². The molecule has 0 atom stereocenters. The van der Waals surface area contributed by atoms with Crippen LogP contribution in [-0.4, -0.2) is 27.1 Å². The third kappa shape index (κ3) is 3.70. The first-order valence-electron chi connectivity index (χ1n) is 7.49. The summed E-state index contributed by atoms with van der Waals surface area (Å²) in [7, 11) is 0. The molecule has 2 N–H and O–H groups in total. The van der Waals surface area contributed by atoms with E-state index in [4.69, 9.17) is 16.7 Å². The number of aryl methyl sites for hydroxylation is 1. The Hall–Kier alpha value is -3.12. The number of halogens is 1. The van der Waals surface area contributed by atoms with E-state index in [2.05, 4.69) is 15.6 Å². The van der Waals surface area contributed by atoms with Gasteiger partial charge in [-0.2, -0.15) is 10.2 Å². The fourth-order valence-electron chi connectivity index (χ4n) is 2.29. The van der Waals surface area contributed by atoms with Crippen molar-refractivity contribution in [2.45, 2.75) is 6.92 Å². The van der Waals surface area contributed by atoms with Gasteiger partial charge in [-0.1, -0.05) is 35.9 Å². The van der Waals surface area contributed by atoms with Gasteiger partial charge in [0, 0.05) is 0 Å². The van der Waals surface area contributed by atoms with Crippen molar-refractivity contribution in [2.75, 3.05) is 5.43 Å². The predicted molar refractivity (Wildman–Crippen MR) is 97.9 cm³/mol. The van der Waals surface area contributed by atoms with E-state index < -0.39 is 5.97 Å². The molecule has 1 aromatic heterocycles. The van der Waals surface area contributed by atoms with Gasteiger partial charge in [-0.25, -0.2) is 9.48 Å². The molecule has 0 fully saturated rings. The zero-order valence-electron chi connectivity index (χ0n) is 13.3. The molecular formula is C18H15ClN4O2. The number of nitrogens with one attached hydrogen (secondary N) is 1. The second-order valence-corrected chi connectivity index (χ2v) is 5.65. The van der Waals surface area contributed by atoms with Gasteiger partial charge in [0.1, 0.15) is 5.15 Å². The maximum atomic E-state index is 11.0. The first-order valence-corrected chi connectivity index (χ1v) is 7.87. The lowest BCUT2D eigenvalue weighted by Crippen LogP contribution is -1.98. The van der Waals surface area contributed by atoms with Crippen LogP contribution in [0.25, 0.3) is 5.69 Å². The topological polar surface area (TPSA) is 79.5 Å². The van der Waals surface area contributed by atoms with E-state index in [1.54, 1.807) is 23.0 Å². The lowest BCUT2D eigenvalue weighted by molar-refractivity contribution is 0.0697. The minimum absolute atomic E-state index is 0.186. The molecular weight excluding hydrogens is 340 g/mol. The van der Waals surface area contributed by atoms with E-state index in [1.165, 1.54) is 12.1 Å². The van der Waals surface area contributed by atoms with Gasteiger partial charge in [-0.3, -0.25) is 5.43 Å². The van der Waals surface area contributed by atoms with Crippen LogP contribution in [-0.2, 0) is 0 Å². The van der Waals surface area contributed by atoms with Crippen LogP contribution in [0.2, 0.25) is 5.15 Å². The smallest absolute Gasteiger partial charge is 0.335 e. The van der Waals surface area contributed by atoms with Gasteiger partial charge in [0.15, 0.2) is 0 Å². The zero-order chi connectivity index (χ0) is 17.8. The molecule has 3 aromatic rings. The molecule has 0 aliphatic carbocycles. The van der Waals surface area contributed by atoms with E-state index in [0.29, 0.717) is 16.4 Å². The van der Waals surface area contributed by atoms with Crippen LogP contribution >= 0.6 is 11.6 Å². The molecule has 126 valence electrons. The number of para-hydroxylation sites is 1. The Bertz CT molecular complexity index is 936. The summed E-state index contributed by atoms with van der Waals surface area (Å²) in [5.74, 6) is -0.990. The number of hydrogen-bond acceptors (Lipinski definition) is 4. The Balaban J connectivity index is 1.82. The van der Waals surface area contributed by atoms with Crippen molar-refractivity contribution >= 4 is 29.5 Å². The molecule has 0 saturated heterocycles. The fraction of sp³-hybridized carbons (Fsp3) is 0.0556. The largest absolute Gasteiger partial charge is 0.478 e. The molecule has 0 unspecified atom stereocenters. The second-order valence-electron chi connectivity index (χ2n) is 5.29. The summed E-state index contributed by atoms with van der Waals surface area (Å²) >= 11 is 6.42. The number of anilines is 1. The molecule has 0 bridgehead atoms. The highest BCUT2D eigenvalue weighted by Gasteiger charge is 2.12. The Labute approximate surface area is 149 Å². The van der Waals surface area contributed by atoms with Crippen molar-refractivity contribution in [3.05, 3.63) is 76.6 Å². The van der Waals surface area contributed by atoms with Crippen molar-refractivity contribution in [3.8, 4) is 5.69 Å². The summed E-state index contributed by atoms with van der Waals surface area (Å²) < 4.78 is 1.64. The van der Waals surface area contributed by atoms with Crippen molar-refractivity contribution in [1.82, 2.24) is 9.78 Å². The van der Waals surface area contributed by atoms with Crippen LogP contribution in [0.3, 0.4) is 0 Å². The van der Waals surface area contributed by atoms with Crippen LogP contribution < -0.4 is 5.43 Å². The second kappa shape index (κ2) is 7.19. The molecule has 0 radical (unpaired) electrons. The van der Waals surface area contributed by atoms with Crippen LogP contribution in [0, 0.1) is 6.92 Å². The van der Waals surface area contributed by atoms with Crippen molar-refractivity contribution in [3.63, 3.8) is 0 Å². The van der Waals surface area contributed by atoms with E-state index in [-0.39, 0.29) is 5.56 Å². The minimum Gasteiger partial charge on any atom is -0.478 e. The molecule has 25 heavy (non-hydrogen) atoms. The van der Waals surface area contributed by atoms with Crippen molar-refractivity contribution in [2.24, 2.45) is 5.10 Å². The molecule has 0 aliphatic rings. The average Bonchev–Trinajstić information content (AvgIpc) is 2.91. The number of carboxylic acids is 1. The average molecular weight is 355 g/mol. The number of carbonyl (C=O) groups is 1. The van der Waals surface area contributed by atoms with Crippen molar-refractivity contribution < 1.29 is 9.90 Å². The van der Waals surface area contributed by atoms with Crippen LogP contribution in [0.4, 0.5) is 5.69 Å². The number of aromatic carboxylic acids is 1. The third-order valence-corrected chi connectivity index (χ3v) is 3.91. The highest BCUT2D eigenvalue weighted by atomic mass is 35.5. The minimum atomic E-state index is -0.990. The maximum absolute atomic E-state index is 11.0. The summed E-state index contributed by atoms with van der Waals surface area (Å²) in [5, 5.41) is 18.0. The van der Waals surface area contributed by atoms with Gasteiger partial charge in [0.25, 0.3) is 0 Å². The molecule has 0 saturated carbocycles. The number of hydrazone groups is 1. The normalized spacial score (nSPS) is 11.0. The lowest BCUT2D eigenvalue weighted by Gasteiger charge is -2.02. The Morgan fingerprint density at radius 1 is 1.24 bits per heavy atom. The number of hydrogen-bond donors (Lipinski definition) is 2. The van der Waals surface area contributed by atoms with Gasteiger partial charge >= 0.3 is 5.97 Å². The molecule has 2 aromatic carbocycles. The van der Waals surface area contributed by atoms with Crippen molar-refractivity contribution in [1.29, 1.82) is 0 Å². The highest BCUT2D eigenvalue weighted by molar-refractivity contribution is 6.32. The van der Waals surface area contributed by atoms with E-state index in [1.807, 2.05) is 37.3 Å². The first-order chi connectivity index (χ1) is 12.1. The molecule has 3 rings (SSSR count). The molecule has 7 heteroatoms. The van der Waals surface area contributed by atoms with E-state index in [9.17, 15) is 4.79 Å². The number of aromatic nitrogens is 2. The predicted octanol–water partition coefficient (Wildman–Crippen LogP) is 3.98. The summed E-state index contributed by atoms with van der Waals surface area (Å²) in [5.41, 5.74) is 5.84. The molecule has 0 spiro atoms. The van der Waals surface area contributed by atoms with Gasteiger partial charge in [0.2, 0.25) is 0 Å². The van der Waals surface area contributed by atoms with Crippen LogP contribution in [0.1, 0.15) is 21.6 Å². The number of carboxylic acid groups (broad SMARTS) is 1. The Morgan fingerprint density at radius 3 is 2.72 bits per heavy atom. The molecule has 1 heterocycles. The van der Waals surface area contributed by atoms with Gasteiger partial charge in [-0.05, 0) is 37.3 Å². The monoisotopic (exact) mass is 354 g/mol. The molecule has 0 aliphatic heterocycles.